The number of piperidine rings is 1. The van der Waals surface area contributed by atoms with Crippen molar-refractivity contribution >= 4 is 17.7 Å². The number of fused-ring (bicyclic) bond motifs is 4. The molecule has 6 atom stereocenters. The average Bonchev–Trinajstić information content (AvgIpc) is 2.87. The summed E-state index contributed by atoms with van der Waals surface area (Å²) in [4.78, 5) is 36.6. The van der Waals surface area contributed by atoms with Gasteiger partial charge in [0.1, 0.15) is 12.7 Å². The molecule has 4 rings (SSSR count). The van der Waals surface area contributed by atoms with Crippen LogP contribution in [0.1, 0.15) is 20.3 Å². The minimum Gasteiger partial charge on any atom is -0.462 e. The van der Waals surface area contributed by atoms with E-state index in [1.807, 2.05) is 0 Å². The molecule has 2 aliphatic heterocycles. The van der Waals surface area contributed by atoms with Gasteiger partial charge in [-0.2, -0.15) is 0 Å². The summed E-state index contributed by atoms with van der Waals surface area (Å²) < 4.78 is 5.09. The Balaban J connectivity index is 2.02. The van der Waals surface area contributed by atoms with Crippen molar-refractivity contribution < 1.29 is 29.3 Å². The molecule has 4 aliphatic rings. The molecular formula is C15H17NO6. The van der Waals surface area contributed by atoms with E-state index >= 15 is 0 Å². The first-order valence-corrected chi connectivity index (χ1v) is 7.34. The van der Waals surface area contributed by atoms with Crippen LogP contribution in [-0.4, -0.2) is 52.2 Å². The molecule has 2 bridgehead atoms. The zero-order valence-electron chi connectivity index (χ0n) is 12.3. The number of hydrogen-bond donors (Lipinski definition) is 3. The van der Waals surface area contributed by atoms with Gasteiger partial charge in [0.25, 0.3) is 0 Å². The molecule has 2 saturated heterocycles. The summed E-state index contributed by atoms with van der Waals surface area (Å²) >= 11 is 0. The number of cyclic esters (lactones) is 1. The summed E-state index contributed by atoms with van der Waals surface area (Å²) in [6.45, 7) is 3.26. The summed E-state index contributed by atoms with van der Waals surface area (Å²) in [7, 11) is 0. The maximum atomic E-state index is 12.3. The van der Waals surface area contributed by atoms with Crippen LogP contribution in [0, 0.1) is 16.7 Å². The topological polar surface area (TPSA) is 113 Å². The monoisotopic (exact) mass is 307 g/mol. The summed E-state index contributed by atoms with van der Waals surface area (Å²) in [6, 6.07) is -0.881. The highest BCUT2D eigenvalue weighted by atomic mass is 16.6. The highest BCUT2D eigenvalue weighted by molar-refractivity contribution is 6.01. The number of amides is 1. The molecule has 2 aliphatic carbocycles. The van der Waals surface area contributed by atoms with Crippen molar-refractivity contribution in [3.63, 3.8) is 0 Å². The first-order chi connectivity index (χ1) is 10.2. The lowest BCUT2D eigenvalue weighted by molar-refractivity contribution is -0.181. The van der Waals surface area contributed by atoms with Crippen molar-refractivity contribution in [2.24, 2.45) is 16.7 Å². The molecule has 3 N–H and O–H groups in total. The van der Waals surface area contributed by atoms with Gasteiger partial charge in [-0.1, -0.05) is 6.92 Å². The molecule has 0 aromatic rings. The number of hydrogen-bond acceptors (Lipinski definition) is 6. The molecule has 2 heterocycles. The molecule has 0 aromatic carbocycles. The van der Waals surface area contributed by atoms with E-state index < -0.39 is 46.4 Å². The minimum absolute atomic E-state index is 0.0744. The third kappa shape index (κ3) is 1.10. The Morgan fingerprint density at radius 1 is 1.36 bits per heavy atom. The van der Waals surface area contributed by atoms with E-state index in [0.717, 1.165) is 0 Å². The maximum Gasteiger partial charge on any atom is 0.341 e. The zero-order valence-corrected chi connectivity index (χ0v) is 12.3. The fourth-order valence-corrected chi connectivity index (χ4v) is 4.93. The first kappa shape index (κ1) is 13.9. The number of aliphatic hydroxyl groups is 2. The van der Waals surface area contributed by atoms with Crippen LogP contribution in [0.5, 0.6) is 0 Å². The second-order valence-corrected chi connectivity index (χ2v) is 7.06. The Morgan fingerprint density at radius 3 is 2.73 bits per heavy atom. The molecule has 0 unspecified atom stereocenters. The predicted octanol–water partition coefficient (Wildman–Crippen LogP) is -1.32. The van der Waals surface area contributed by atoms with Gasteiger partial charge in [-0.05, 0) is 25.0 Å². The van der Waals surface area contributed by atoms with Gasteiger partial charge in [0.15, 0.2) is 11.4 Å². The third-order valence-corrected chi connectivity index (χ3v) is 6.33. The lowest BCUT2D eigenvalue weighted by Crippen LogP contribution is -2.75. The highest BCUT2D eigenvalue weighted by Gasteiger charge is 2.77. The number of rotatable bonds is 0. The number of esters is 1. The first-order valence-electron chi connectivity index (χ1n) is 7.34. The molecule has 7 nitrogen and oxygen atoms in total. The number of nitrogens with one attached hydrogen (secondary N) is 1. The molecule has 22 heavy (non-hydrogen) atoms. The van der Waals surface area contributed by atoms with Gasteiger partial charge in [-0.3, -0.25) is 9.59 Å². The predicted molar refractivity (Wildman–Crippen MR) is 71.3 cm³/mol. The fourth-order valence-electron chi connectivity index (χ4n) is 4.93. The van der Waals surface area contributed by atoms with Gasteiger partial charge in [0.05, 0.1) is 11.5 Å². The highest BCUT2D eigenvalue weighted by Crippen LogP contribution is 2.65. The van der Waals surface area contributed by atoms with Crippen molar-refractivity contribution in [2.75, 3.05) is 6.61 Å². The second kappa shape index (κ2) is 3.60. The number of ether oxygens (including phenoxy) is 1. The Labute approximate surface area is 126 Å². The van der Waals surface area contributed by atoms with Gasteiger partial charge < -0.3 is 20.3 Å². The SMILES string of the molecule is C[C@H]1C(=O)C=C2[C@@]13C[C@@H](NC(=O)[C@H]3O)[C@@]1(O)C(=O)OC[C@@]21C. The lowest BCUT2D eigenvalue weighted by atomic mass is 9.48. The van der Waals surface area contributed by atoms with Crippen LogP contribution < -0.4 is 5.32 Å². The van der Waals surface area contributed by atoms with Crippen LogP contribution in [0.3, 0.4) is 0 Å². The maximum absolute atomic E-state index is 12.3. The van der Waals surface area contributed by atoms with E-state index in [4.69, 9.17) is 4.74 Å². The zero-order chi connectivity index (χ0) is 16.1. The van der Waals surface area contributed by atoms with Gasteiger partial charge in [0.2, 0.25) is 5.91 Å². The summed E-state index contributed by atoms with van der Waals surface area (Å²) in [6.07, 6.45) is 0.142. The number of ketones is 1. The van der Waals surface area contributed by atoms with Gasteiger partial charge in [-0.25, -0.2) is 4.79 Å². The lowest BCUT2D eigenvalue weighted by Gasteiger charge is -2.58. The summed E-state index contributed by atoms with van der Waals surface area (Å²) in [5.74, 6) is -2.24. The summed E-state index contributed by atoms with van der Waals surface area (Å²) in [5.41, 5.74) is -3.66. The molecule has 1 amide bonds. The molecule has 0 radical (unpaired) electrons. The summed E-state index contributed by atoms with van der Waals surface area (Å²) in [5, 5.41) is 24.1. The Hall–Kier alpha value is -1.73. The largest absolute Gasteiger partial charge is 0.462 e. The van der Waals surface area contributed by atoms with Crippen molar-refractivity contribution in [1.29, 1.82) is 0 Å². The quantitative estimate of drug-likeness (QED) is 0.478. The molecule has 3 fully saturated rings. The van der Waals surface area contributed by atoms with Crippen LogP contribution in [-0.2, 0) is 19.1 Å². The number of carbonyl (C=O) groups is 3. The van der Waals surface area contributed by atoms with E-state index in [9.17, 15) is 24.6 Å². The molecule has 7 heteroatoms. The molecule has 1 saturated carbocycles. The van der Waals surface area contributed by atoms with Crippen LogP contribution in [0.25, 0.3) is 0 Å². The van der Waals surface area contributed by atoms with E-state index in [1.54, 1.807) is 13.8 Å². The van der Waals surface area contributed by atoms with E-state index in [2.05, 4.69) is 5.32 Å². The number of aliphatic hydroxyl groups excluding tert-OH is 1. The van der Waals surface area contributed by atoms with Crippen molar-refractivity contribution in [3.8, 4) is 0 Å². The van der Waals surface area contributed by atoms with Crippen LogP contribution in [0.15, 0.2) is 11.6 Å². The van der Waals surface area contributed by atoms with Crippen molar-refractivity contribution in [2.45, 2.75) is 38.0 Å². The van der Waals surface area contributed by atoms with Crippen LogP contribution in [0.2, 0.25) is 0 Å². The Bertz CT molecular complexity index is 671. The van der Waals surface area contributed by atoms with E-state index in [1.165, 1.54) is 6.08 Å². The smallest absolute Gasteiger partial charge is 0.341 e. The number of allylic oxidation sites excluding steroid dienone is 1. The molecule has 1 spiro atoms. The van der Waals surface area contributed by atoms with Gasteiger partial charge >= 0.3 is 5.97 Å². The average molecular weight is 307 g/mol. The van der Waals surface area contributed by atoms with E-state index in [0.29, 0.717) is 5.57 Å². The molecule has 118 valence electrons. The minimum atomic E-state index is -1.91. The van der Waals surface area contributed by atoms with Crippen LogP contribution >= 0.6 is 0 Å². The molecule has 0 aromatic heterocycles. The van der Waals surface area contributed by atoms with Gasteiger partial charge in [-0.15, -0.1) is 0 Å². The molecular weight excluding hydrogens is 290 g/mol. The standard InChI is InChI=1S/C15H17NO6/c1-6-7(17)3-8-13(2)5-22-12(20)15(13,21)9-4-14(6,8)10(18)11(19)16-9/h3,6,9-10,18,21H,4-5H2,1-2H3,(H,16,19)/t6-,9+,10+,13-,14+,15+/m0/s1. The Morgan fingerprint density at radius 2 is 2.05 bits per heavy atom. The van der Waals surface area contributed by atoms with Crippen molar-refractivity contribution in [3.05, 3.63) is 11.6 Å². The van der Waals surface area contributed by atoms with Gasteiger partial charge in [0, 0.05) is 11.3 Å². The fraction of sp³-hybridized carbons (Fsp3) is 0.667. The van der Waals surface area contributed by atoms with Crippen LogP contribution in [0.4, 0.5) is 0 Å². The third-order valence-electron chi connectivity index (χ3n) is 6.33. The normalized spacial score (nSPS) is 52.6. The van der Waals surface area contributed by atoms with Crippen molar-refractivity contribution in [1.82, 2.24) is 5.32 Å². The van der Waals surface area contributed by atoms with E-state index in [-0.39, 0.29) is 18.8 Å². The Kier molecular flexibility index (Phi) is 2.27. The second-order valence-electron chi connectivity index (χ2n) is 7.06. The number of carbonyl (C=O) groups excluding carboxylic acids is 3.